The van der Waals surface area contributed by atoms with Crippen molar-refractivity contribution >= 4 is 33.6 Å². The van der Waals surface area contributed by atoms with Crippen LogP contribution in [0.4, 0.5) is 5.95 Å². The van der Waals surface area contributed by atoms with Crippen LogP contribution < -0.4 is 15.4 Å². The molecule has 0 saturated heterocycles. The lowest BCUT2D eigenvalue weighted by molar-refractivity contribution is -0.146. The highest BCUT2D eigenvalue weighted by atomic mass is 32.2. The summed E-state index contributed by atoms with van der Waals surface area (Å²) in [7, 11) is -4.22. The highest BCUT2D eigenvalue weighted by Gasteiger charge is 2.42. The number of benzene rings is 1. The first-order valence-corrected chi connectivity index (χ1v) is 12.6. The number of hydrogen-bond donors (Lipinski definition) is 5. The van der Waals surface area contributed by atoms with Crippen molar-refractivity contribution < 1.29 is 28.0 Å². The van der Waals surface area contributed by atoms with Crippen LogP contribution in [0.1, 0.15) is 37.6 Å². The van der Waals surface area contributed by atoms with Crippen LogP contribution in [0.15, 0.2) is 40.4 Å². The van der Waals surface area contributed by atoms with Crippen LogP contribution in [-0.4, -0.2) is 59.9 Å². The molecule has 35 heavy (non-hydrogen) atoms. The number of sulfonamides is 1. The summed E-state index contributed by atoms with van der Waals surface area (Å²) in [4.78, 5) is 37.2. The van der Waals surface area contributed by atoms with Crippen LogP contribution >= 0.6 is 0 Å². The van der Waals surface area contributed by atoms with Crippen molar-refractivity contribution in [1.29, 1.82) is 0 Å². The molecule has 13 heteroatoms. The van der Waals surface area contributed by atoms with Crippen LogP contribution in [0.25, 0.3) is 0 Å². The van der Waals surface area contributed by atoms with E-state index in [2.05, 4.69) is 30.5 Å². The third kappa shape index (κ3) is 6.57. The summed E-state index contributed by atoms with van der Waals surface area (Å²) in [5.41, 5.74) is -0.338. The Balaban J connectivity index is 1.55. The Bertz CT molecular complexity index is 1180. The molecule has 2 heterocycles. The number of carboxylic acid groups (broad SMARTS) is 1. The first kappa shape index (κ1) is 26.2. The molecule has 1 aromatic carbocycles. The SMILES string of the molecule is Cc1nc(NCCCCC2CON=C2C(=O)NC(C)(NS(=O)(=O)c2ccccc2)C(=O)O)[nH]c1C. The number of H-pyrrole nitrogens is 1. The summed E-state index contributed by atoms with van der Waals surface area (Å²) in [5, 5.41) is 18.9. The fourth-order valence-corrected chi connectivity index (χ4v) is 4.80. The highest BCUT2D eigenvalue weighted by molar-refractivity contribution is 7.89. The maximum absolute atomic E-state index is 12.9. The number of carbonyl (C=O) groups excluding carboxylic acids is 1. The van der Waals surface area contributed by atoms with Crippen LogP contribution in [-0.2, 0) is 24.4 Å². The molecular weight excluding hydrogens is 476 g/mol. The zero-order chi connectivity index (χ0) is 25.6. The van der Waals surface area contributed by atoms with E-state index in [1.807, 2.05) is 13.8 Å². The summed E-state index contributed by atoms with van der Waals surface area (Å²) < 4.78 is 27.4. The van der Waals surface area contributed by atoms with Gasteiger partial charge < -0.3 is 25.6 Å². The Labute approximate surface area is 203 Å². The van der Waals surface area contributed by atoms with Crippen molar-refractivity contribution in [3.05, 3.63) is 41.7 Å². The van der Waals surface area contributed by atoms with Crippen LogP contribution in [0.2, 0.25) is 0 Å². The van der Waals surface area contributed by atoms with Crippen LogP contribution in [0.3, 0.4) is 0 Å². The van der Waals surface area contributed by atoms with E-state index in [4.69, 9.17) is 4.84 Å². The number of aliphatic carboxylic acids is 1. The molecular formula is C22H30N6O6S. The van der Waals surface area contributed by atoms with Gasteiger partial charge in [-0.05, 0) is 45.7 Å². The van der Waals surface area contributed by atoms with E-state index in [1.54, 1.807) is 6.07 Å². The number of anilines is 1. The molecule has 2 atom stereocenters. The second-order valence-electron chi connectivity index (χ2n) is 8.49. The number of carboxylic acids is 1. The minimum atomic E-state index is -4.22. The standard InChI is InChI=1S/C22H30N6O6S/c1-14-15(2)25-21(24-14)23-12-8-7-9-16-13-34-27-18(16)19(29)26-22(3,20(30)31)28-35(32,33)17-10-5-4-6-11-17/h4-6,10-11,16,28H,7-9,12-13H2,1-3H3,(H,26,29)(H,30,31)(H2,23,24,25). The van der Waals surface area contributed by atoms with Crippen LogP contribution in [0.5, 0.6) is 0 Å². The molecule has 2 aromatic rings. The Kier molecular flexibility index (Phi) is 8.12. The van der Waals surface area contributed by atoms with Crippen LogP contribution in [0, 0.1) is 19.8 Å². The lowest BCUT2D eigenvalue weighted by atomic mass is 9.97. The molecule has 12 nitrogen and oxygen atoms in total. The first-order valence-electron chi connectivity index (χ1n) is 11.1. The van der Waals surface area contributed by atoms with E-state index >= 15 is 0 Å². The molecule has 5 N–H and O–H groups in total. The molecule has 1 aliphatic heterocycles. The molecule has 0 bridgehead atoms. The van der Waals surface area contributed by atoms with Gasteiger partial charge in [0.2, 0.25) is 21.6 Å². The lowest BCUT2D eigenvalue weighted by Crippen LogP contribution is -2.64. The Morgan fingerprint density at radius 1 is 1.23 bits per heavy atom. The summed E-state index contributed by atoms with van der Waals surface area (Å²) >= 11 is 0. The van der Waals surface area contributed by atoms with Gasteiger partial charge in [0, 0.05) is 18.2 Å². The fourth-order valence-electron chi connectivity index (χ4n) is 3.49. The van der Waals surface area contributed by atoms with Crippen molar-refractivity contribution in [1.82, 2.24) is 20.0 Å². The number of imidazole rings is 1. The maximum Gasteiger partial charge on any atom is 0.345 e. The summed E-state index contributed by atoms with van der Waals surface area (Å²) in [6.07, 6.45) is 2.14. The zero-order valence-corrected chi connectivity index (χ0v) is 20.6. The minimum absolute atomic E-state index is 0.0293. The normalized spacial score (nSPS) is 17.2. The van der Waals surface area contributed by atoms with Gasteiger partial charge >= 0.3 is 5.97 Å². The number of oxime groups is 1. The van der Waals surface area contributed by atoms with Crippen molar-refractivity contribution in [3.8, 4) is 0 Å². The largest absolute Gasteiger partial charge is 0.478 e. The van der Waals surface area contributed by atoms with E-state index < -0.39 is 27.6 Å². The number of aromatic nitrogens is 2. The predicted molar refractivity (Wildman–Crippen MR) is 128 cm³/mol. The first-order chi connectivity index (χ1) is 16.5. The van der Waals surface area contributed by atoms with Gasteiger partial charge in [-0.25, -0.2) is 18.2 Å². The van der Waals surface area contributed by atoms with Gasteiger partial charge in [0.05, 0.1) is 10.6 Å². The van der Waals surface area contributed by atoms with Gasteiger partial charge in [0.15, 0.2) is 5.71 Å². The Hall–Kier alpha value is -3.45. The van der Waals surface area contributed by atoms with Gasteiger partial charge in [-0.2, -0.15) is 4.72 Å². The third-order valence-corrected chi connectivity index (χ3v) is 7.21. The molecule has 1 aliphatic rings. The molecule has 0 radical (unpaired) electrons. The van der Waals surface area contributed by atoms with Crippen molar-refractivity contribution in [2.24, 2.45) is 11.1 Å². The molecule has 0 aliphatic carbocycles. The number of aromatic amines is 1. The van der Waals surface area contributed by atoms with Crippen molar-refractivity contribution in [3.63, 3.8) is 0 Å². The minimum Gasteiger partial charge on any atom is -0.478 e. The average molecular weight is 507 g/mol. The highest BCUT2D eigenvalue weighted by Crippen LogP contribution is 2.19. The topological polar surface area (TPSA) is 175 Å². The van der Waals surface area contributed by atoms with E-state index in [0.717, 1.165) is 31.2 Å². The summed E-state index contributed by atoms with van der Waals surface area (Å²) in [5.74, 6) is -2.02. The molecule has 3 rings (SSSR count). The molecule has 0 saturated carbocycles. The predicted octanol–water partition coefficient (Wildman–Crippen LogP) is 1.51. The van der Waals surface area contributed by atoms with E-state index in [9.17, 15) is 23.1 Å². The van der Waals surface area contributed by atoms with Crippen molar-refractivity contribution in [2.75, 3.05) is 18.5 Å². The second kappa shape index (κ2) is 10.9. The molecule has 0 spiro atoms. The maximum atomic E-state index is 12.9. The Morgan fingerprint density at radius 2 is 1.94 bits per heavy atom. The van der Waals surface area contributed by atoms with E-state index in [1.165, 1.54) is 24.3 Å². The number of nitrogens with zero attached hydrogens (tertiary/aromatic N) is 2. The third-order valence-electron chi connectivity index (χ3n) is 5.64. The molecule has 1 amide bonds. The molecule has 2 unspecified atom stereocenters. The summed E-state index contributed by atoms with van der Waals surface area (Å²) in [6.45, 7) is 5.79. The number of hydrogen-bond acceptors (Lipinski definition) is 8. The quantitative estimate of drug-likeness (QED) is 0.213. The van der Waals surface area contributed by atoms with Gasteiger partial charge in [-0.15, -0.1) is 0 Å². The number of carbonyl (C=O) groups is 2. The smallest absolute Gasteiger partial charge is 0.345 e. The number of aryl methyl sites for hydroxylation is 2. The second-order valence-corrected chi connectivity index (χ2v) is 10.2. The number of nitrogens with one attached hydrogen (secondary N) is 4. The number of amides is 1. The zero-order valence-electron chi connectivity index (χ0n) is 19.8. The molecule has 190 valence electrons. The number of unbranched alkanes of at least 4 members (excludes halogenated alkanes) is 1. The Morgan fingerprint density at radius 3 is 2.57 bits per heavy atom. The van der Waals surface area contributed by atoms with E-state index in [0.29, 0.717) is 18.9 Å². The molecule has 0 fully saturated rings. The lowest BCUT2D eigenvalue weighted by Gasteiger charge is -2.27. The molecule has 1 aromatic heterocycles. The van der Waals surface area contributed by atoms with Gasteiger partial charge in [-0.3, -0.25) is 4.79 Å². The summed E-state index contributed by atoms with van der Waals surface area (Å²) in [6, 6.07) is 7.28. The van der Waals surface area contributed by atoms with Gasteiger partial charge in [-0.1, -0.05) is 29.8 Å². The van der Waals surface area contributed by atoms with E-state index in [-0.39, 0.29) is 23.1 Å². The van der Waals surface area contributed by atoms with Gasteiger partial charge in [0.1, 0.15) is 6.61 Å². The fraction of sp³-hybridized carbons (Fsp3) is 0.455. The average Bonchev–Trinajstić information content (AvgIpc) is 3.39. The van der Waals surface area contributed by atoms with Gasteiger partial charge in [0.25, 0.3) is 5.91 Å². The number of rotatable bonds is 12. The monoisotopic (exact) mass is 506 g/mol. The van der Waals surface area contributed by atoms with Crippen molar-refractivity contribution in [2.45, 2.75) is 50.6 Å².